The summed E-state index contributed by atoms with van der Waals surface area (Å²) in [5.74, 6) is 0.918. The van der Waals surface area contributed by atoms with Crippen LogP contribution in [-0.2, 0) is 16.1 Å². The summed E-state index contributed by atoms with van der Waals surface area (Å²) in [7, 11) is 1.59. The molecule has 0 aliphatic carbocycles. The SMILES string of the molecule is CCCNC(=O)[C@@H](CC)N(Cc1ccccc1)C(=O)COc1ccc(OC)cc1. The van der Waals surface area contributed by atoms with E-state index in [9.17, 15) is 9.59 Å². The first-order valence-corrected chi connectivity index (χ1v) is 9.97. The molecule has 1 atom stereocenters. The molecule has 29 heavy (non-hydrogen) atoms. The van der Waals surface area contributed by atoms with Gasteiger partial charge in [-0.1, -0.05) is 44.2 Å². The van der Waals surface area contributed by atoms with Crippen molar-refractivity contribution in [2.24, 2.45) is 0 Å². The van der Waals surface area contributed by atoms with Gasteiger partial charge in [0.2, 0.25) is 5.91 Å². The molecule has 6 nitrogen and oxygen atoms in total. The largest absolute Gasteiger partial charge is 0.497 e. The lowest BCUT2D eigenvalue weighted by atomic mass is 10.1. The van der Waals surface area contributed by atoms with Gasteiger partial charge < -0.3 is 19.7 Å². The van der Waals surface area contributed by atoms with Gasteiger partial charge >= 0.3 is 0 Å². The van der Waals surface area contributed by atoms with Gasteiger partial charge in [-0.25, -0.2) is 0 Å². The molecule has 2 aromatic rings. The Morgan fingerprint density at radius 3 is 2.24 bits per heavy atom. The molecule has 0 radical (unpaired) electrons. The molecular formula is C23H30N2O4. The molecule has 0 fully saturated rings. The second-order valence-electron chi connectivity index (χ2n) is 6.69. The molecule has 0 saturated carbocycles. The van der Waals surface area contributed by atoms with Gasteiger partial charge in [0.25, 0.3) is 5.91 Å². The first-order valence-electron chi connectivity index (χ1n) is 9.97. The average Bonchev–Trinajstić information content (AvgIpc) is 2.76. The Hall–Kier alpha value is -3.02. The summed E-state index contributed by atoms with van der Waals surface area (Å²) in [5.41, 5.74) is 0.965. The predicted molar refractivity (Wildman–Crippen MR) is 113 cm³/mol. The quantitative estimate of drug-likeness (QED) is 0.630. The fourth-order valence-corrected chi connectivity index (χ4v) is 2.97. The van der Waals surface area contributed by atoms with Crippen LogP contribution in [-0.4, -0.2) is 43.0 Å². The summed E-state index contributed by atoms with van der Waals surface area (Å²) in [6.45, 7) is 4.70. The molecule has 0 bridgehead atoms. The standard InChI is InChI=1S/C23H30N2O4/c1-4-15-24-23(27)21(5-2)25(16-18-9-7-6-8-10-18)22(26)17-29-20-13-11-19(28-3)12-14-20/h6-14,21H,4-5,15-17H2,1-3H3,(H,24,27)/t21-/m1/s1. The molecule has 6 heteroatoms. The van der Waals surface area contributed by atoms with E-state index in [0.29, 0.717) is 31.0 Å². The number of rotatable bonds is 11. The molecule has 0 unspecified atom stereocenters. The molecule has 0 aliphatic rings. The van der Waals surface area contributed by atoms with Crippen molar-refractivity contribution in [2.45, 2.75) is 39.3 Å². The molecular weight excluding hydrogens is 368 g/mol. The number of carbonyl (C=O) groups excluding carboxylic acids is 2. The molecule has 2 aromatic carbocycles. The summed E-state index contributed by atoms with van der Waals surface area (Å²) in [5, 5.41) is 2.90. The molecule has 0 heterocycles. The minimum atomic E-state index is -0.547. The van der Waals surface area contributed by atoms with Crippen LogP contribution < -0.4 is 14.8 Å². The lowest BCUT2D eigenvalue weighted by molar-refractivity contribution is -0.143. The number of ether oxygens (including phenoxy) is 2. The van der Waals surface area contributed by atoms with E-state index >= 15 is 0 Å². The third kappa shape index (κ3) is 6.82. The highest BCUT2D eigenvalue weighted by molar-refractivity contribution is 5.88. The van der Waals surface area contributed by atoms with Crippen LogP contribution in [0.2, 0.25) is 0 Å². The van der Waals surface area contributed by atoms with E-state index < -0.39 is 6.04 Å². The third-order valence-electron chi connectivity index (χ3n) is 4.55. The minimum Gasteiger partial charge on any atom is -0.497 e. The van der Waals surface area contributed by atoms with Gasteiger partial charge in [0, 0.05) is 13.1 Å². The number of nitrogens with zero attached hydrogens (tertiary/aromatic N) is 1. The monoisotopic (exact) mass is 398 g/mol. The zero-order valence-corrected chi connectivity index (χ0v) is 17.4. The van der Waals surface area contributed by atoms with E-state index in [1.165, 1.54) is 0 Å². The van der Waals surface area contributed by atoms with Crippen molar-refractivity contribution >= 4 is 11.8 Å². The van der Waals surface area contributed by atoms with Crippen LogP contribution in [0, 0.1) is 0 Å². The van der Waals surface area contributed by atoms with Crippen molar-refractivity contribution in [3.05, 3.63) is 60.2 Å². The van der Waals surface area contributed by atoms with Gasteiger partial charge in [-0.15, -0.1) is 0 Å². The Labute approximate surface area is 172 Å². The molecule has 0 aromatic heterocycles. The van der Waals surface area contributed by atoms with Crippen LogP contribution in [0.1, 0.15) is 32.3 Å². The summed E-state index contributed by atoms with van der Waals surface area (Å²) >= 11 is 0. The van der Waals surface area contributed by atoms with Crippen LogP contribution in [0.15, 0.2) is 54.6 Å². The maximum Gasteiger partial charge on any atom is 0.261 e. The summed E-state index contributed by atoms with van der Waals surface area (Å²) in [6, 6.07) is 16.2. The third-order valence-corrected chi connectivity index (χ3v) is 4.55. The van der Waals surface area contributed by atoms with Crippen molar-refractivity contribution in [1.29, 1.82) is 0 Å². The fraction of sp³-hybridized carbons (Fsp3) is 0.391. The molecule has 0 aliphatic heterocycles. The number of hydrogen-bond acceptors (Lipinski definition) is 4. The highest BCUT2D eigenvalue weighted by Crippen LogP contribution is 2.18. The number of hydrogen-bond donors (Lipinski definition) is 1. The van der Waals surface area contributed by atoms with E-state index in [0.717, 1.165) is 12.0 Å². The van der Waals surface area contributed by atoms with Crippen LogP contribution in [0.5, 0.6) is 11.5 Å². The maximum absolute atomic E-state index is 13.0. The molecule has 156 valence electrons. The average molecular weight is 399 g/mol. The van der Waals surface area contributed by atoms with Crippen LogP contribution in [0.4, 0.5) is 0 Å². The topological polar surface area (TPSA) is 67.9 Å². The van der Waals surface area contributed by atoms with Crippen molar-refractivity contribution in [3.63, 3.8) is 0 Å². The maximum atomic E-state index is 13.0. The van der Waals surface area contributed by atoms with Crippen LogP contribution >= 0.6 is 0 Å². The summed E-state index contributed by atoms with van der Waals surface area (Å²) in [4.78, 5) is 27.3. The zero-order chi connectivity index (χ0) is 21.1. The number of methoxy groups -OCH3 is 1. The van der Waals surface area contributed by atoms with E-state index in [1.54, 1.807) is 36.3 Å². The van der Waals surface area contributed by atoms with Gasteiger partial charge in [0.05, 0.1) is 7.11 Å². The molecule has 1 N–H and O–H groups in total. The molecule has 0 saturated heterocycles. The number of carbonyl (C=O) groups is 2. The van der Waals surface area contributed by atoms with E-state index in [1.807, 2.05) is 44.2 Å². The number of nitrogens with one attached hydrogen (secondary N) is 1. The van der Waals surface area contributed by atoms with Crippen molar-refractivity contribution < 1.29 is 19.1 Å². The summed E-state index contributed by atoms with van der Waals surface area (Å²) < 4.78 is 10.8. The van der Waals surface area contributed by atoms with Crippen LogP contribution in [0.25, 0.3) is 0 Å². The van der Waals surface area contributed by atoms with Gasteiger partial charge in [-0.05, 0) is 42.7 Å². The molecule has 2 rings (SSSR count). The fourth-order valence-electron chi connectivity index (χ4n) is 2.97. The molecule has 2 amide bonds. The second kappa shape index (κ2) is 11.7. The predicted octanol–water partition coefficient (Wildman–Crippen LogP) is 3.41. The number of amides is 2. The van der Waals surface area contributed by atoms with Crippen molar-refractivity contribution in [3.8, 4) is 11.5 Å². The van der Waals surface area contributed by atoms with Gasteiger partial charge in [0.15, 0.2) is 6.61 Å². The smallest absolute Gasteiger partial charge is 0.261 e. The van der Waals surface area contributed by atoms with Gasteiger partial charge in [-0.2, -0.15) is 0 Å². The lowest BCUT2D eigenvalue weighted by Gasteiger charge is -2.30. The Morgan fingerprint density at radius 1 is 1.00 bits per heavy atom. The minimum absolute atomic E-state index is 0.136. The Bertz CT molecular complexity index is 762. The highest BCUT2D eigenvalue weighted by atomic mass is 16.5. The van der Waals surface area contributed by atoms with E-state index in [2.05, 4.69) is 5.32 Å². The number of benzene rings is 2. The van der Waals surface area contributed by atoms with Gasteiger partial charge in [-0.3, -0.25) is 9.59 Å². The van der Waals surface area contributed by atoms with E-state index in [-0.39, 0.29) is 18.4 Å². The van der Waals surface area contributed by atoms with Crippen molar-refractivity contribution in [1.82, 2.24) is 10.2 Å². The zero-order valence-electron chi connectivity index (χ0n) is 17.4. The van der Waals surface area contributed by atoms with Crippen LogP contribution in [0.3, 0.4) is 0 Å². The Kier molecular flexibility index (Phi) is 9.02. The summed E-state index contributed by atoms with van der Waals surface area (Å²) in [6.07, 6.45) is 1.37. The van der Waals surface area contributed by atoms with Crippen molar-refractivity contribution in [2.75, 3.05) is 20.3 Å². The normalized spacial score (nSPS) is 11.4. The first-order chi connectivity index (χ1) is 14.1. The Balaban J connectivity index is 2.13. The lowest BCUT2D eigenvalue weighted by Crippen LogP contribution is -2.50. The van der Waals surface area contributed by atoms with Gasteiger partial charge in [0.1, 0.15) is 17.5 Å². The second-order valence-corrected chi connectivity index (χ2v) is 6.69. The first kappa shape index (κ1) is 22.3. The van der Waals surface area contributed by atoms with E-state index in [4.69, 9.17) is 9.47 Å². The molecule has 0 spiro atoms. The Morgan fingerprint density at radius 2 is 1.66 bits per heavy atom. The highest BCUT2D eigenvalue weighted by Gasteiger charge is 2.28.